The SMILES string of the molecule is COc1ccccc1C(NC(=O)C1CCN(c2nc3ccccc3o2)CC1)c1nccn1C. The van der Waals surface area contributed by atoms with Gasteiger partial charge in [0.15, 0.2) is 5.58 Å². The van der Waals surface area contributed by atoms with Crippen LogP contribution in [0.15, 0.2) is 65.3 Å². The number of anilines is 1. The number of aryl methyl sites for hydroxylation is 1. The van der Waals surface area contributed by atoms with Crippen molar-refractivity contribution in [2.75, 3.05) is 25.1 Å². The molecule has 0 radical (unpaired) electrons. The highest BCUT2D eigenvalue weighted by Gasteiger charge is 2.31. The van der Waals surface area contributed by atoms with Crippen LogP contribution in [0.2, 0.25) is 0 Å². The number of ether oxygens (including phenoxy) is 1. The number of carbonyl (C=O) groups excluding carboxylic acids is 1. The molecule has 0 saturated carbocycles. The average molecular weight is 446 g/mol. The summed E-state index contributed by atoms with van der Waals surface area (Å²) in [5, 5.41) is 3.24. The van der Waals surface area contributed by atoms with E-state index in [0.717, 1.165) is 41.1 Å². The molecule has 0 aliphatic carbocycles. The molecule has 170 valence electrons. The lowest BCUT2D eigenvalue weighted by atomic mass is 9.95. The number of hydrogen-bond donors (Lipinski definition) is 1. The minimum absolute atomic E-state index is 0.0196. The van der Waals surface area contributed by atoms with Gasteiger partial charge in [0.2, 0.25) is 5.91 Å². The largest absolute Gasteiger partial charge is 0.496 e. The first-order chi connectivity index (χ1) is 16.1. The Hall–Kier alpha value is -3.81. The van der Waals surface area contributed by atoms with Crippen molar-refractivity contribution in [3.05, 3.63) is 72.3 Å². The molecule has 1 N–H and O–H groups in total. The van der Waals surface area contributed by atoms with Crippen LogP contribution < -0.4 is 15.0 Å². The predicted octanol–water partition coefficient (Wildman–Crippen LogP) is 3.69. The molecule has 8 heteroatoms. The summed E-state index contributed by atoms with van der Waals surface area (Å²) >= 11 is 0. The summed E-state index contributed by atoms with van der Waals surface area (Å²) in [6.07, 6.45) is 5.07. The Labute approximate surface area is 192 Å². The zero-order valence-corrected chi connectivity index (χ0v) is 18.8. The van der Waals surface area contributed by atoms with E-state index in [0.29, 0.717) is 19.1 Å². The van der Waals surface area contributed by atoms with Crippen molar-refractivity contribution in [3.63, 3.8) is 0 Å². The predicted molar refractivity (Wildman–Crippen MR) is 125 cm³/mol. The summed E-state index contributed by atoms with van der Waals surface area (Å²) in [7, 11) is 3.56. The molecular weight excluding hydrogens is 418 g/mol. The van der Waals surface area contributed by atoms with E-state index >= 15 is 0 Å². The van der Waals surface area contributed by atoms with Crippen LogP contribution in [-0.2, 0) is 11.8 Å². The molecule has 4 aromatic rings. The van der Waals surface area contributed by atoms with Crippen LogP contribution in [0.25, 0.3) is 11.1 Å². The minimum atomic E-state index is -0.399. The molecule has 33 heavy (non-hydrogen) atoms. The molecule has 8 nitrogen and oxygen atoms in total. The van der Waals surface area contributed by atoms with Gasteiger partial charge in [-0.05, 0) is 31.0 Å². The highest BCUT2D eigenvalue weighted by atomic mass is 16.5. The number of para-hydroxylation sites is 3. The Morgan fingerprint density at radius 2 is 1.91 bits per heavy atom. The summed E-state index contributed by atoms with van der Waals surface area (Å²) < 4.78 is 13.4. The number of hydrogen-bond acceptors (Lipinski definition) is 6. The fraction of sp³-hybridized carbons (Fsp3) is 0.320. The second kappa shape index (κ2) is 8.97. The van der Waals surface area contributed by atoms with Crippen molar-refractivity contribution in [2.45, 2.75) is 18.9 Å². The summed E-state index contributed by atoms with van der Waals surface area (Å²) in [4.78, 5) is 24.5. The molecule has 1 fully saturated rings. The van der Waals surface area contributed by atoms with Crippen molar-refractivity contribution in [1.82, 2.24) is 19.9 Å². The summed E-state index contributed by atoms with van der Waals surface area (Å²) in [6.45, 7) is 1.43. The van der Waals surface area contributed by atoms with Gasteiger partial charge in [-0.1, -0.05) is 30.3 Å². The van der Waals surface area contributed by atoms with Gasteiger partial charge in [-0.3, -0.25) is 4.79 Å². The molecule has 1 aliphatic rings. The van der Waals surface area contributed by atoms with Gasteiger partial charge in [0.1, 0.15) is 23.1 Å². The Kier molecular flexibility index (Phi) is 5.73. The molecule has 0 bridgehead atoms. The van der Waals surface area contributed by atoms with Crippen molar-refractivity contribution >= 4 is 23.0 Å². The molecule has 3 heterocycles. The van der Waals surface area contributed by atoms with Gasteiger partial charge in [-0.2, -0.15) is 4.98 Å². The number of nitrogens with one attached hydrogen (secondary N) is 1. The number of imidazole rings is 1. The van der Waals surface area contributed by atoms with E-state index < -0.39 is 6.04 Å². The molecule has 1 saturated heterocycles. The van der Waals surface area contributed by atoms with E-state index in [1.54, 1.807) is 13.3 Å². The number of aromatic nitrogens is 3. The van der Waals surface area contributed by atoms with Gasteiger partial charge in [0.05, 0.1) is 7.11 Å². The van der Waals surface area contributed by atoms with Gasteiger partial charge < -0.3 is 23.9 Å². The van der Waals surface area contributed by atoms with Gasteiger partial charge in [-0.25, -0.2) is 4.98 Å². The Morgan fingerprint density at radius 3 is 2.64 bits per heavy atom. The maximum atomic E-state index is 13.3. The van der Waals surface area contributed by atoms with Crippen LogP contribution >= 0.6 is 0 Å². The van der Waals surface area contributed by atoms with E-state index in [9.17, 15) is 4.79 Å². The van der Waals surface area contributed by atoms with Gasteiger partial charge in [0, 0.05) is 44.0 Å². The Bertz CT molecular complexity index is 1220. The second-order valence-corrected chi connectivity index (χ2v) is 8.31. The van der Waals surface area contributed by atoms with Crippen LogP contribution in [0.3, 0.4) is 0 Å². The van der Waals surface area contributed by atoms with Gasteiger partial charge >= 0.3 is 0 Å². The normalized spacial score (nSPS) is 15.5. The number of rotatable bonds is 6. The minimum Gasteiger partial charge on any atom is -0.496 e. The maximum absolute atomic E-state index is 13.3. The first-order valence-corrected chi connectivity index (χ1v) is 11.1. The average Bonchev–Trinajstić information content (AvgIpc) is 3.48. The lowest BCUT2D eigenvalue weighted by molar-refractivity contribution is -0.126. The highest BCUT2D eigenvalue weighted by Crippen LogP contribution is 2.31. The van der Waals surface area contributed by atoms with Crippen LogP contribution in [0.5, 0.6) is 5.75 Å². The zero-order valence-electron chi connectivity index (χ0n) is 18.8. The standard InChI is InChI=1S/C25H27N5O3/c1-29-16-13-26-23(29)22(18-7-3-5-9-20(18)32-2)28-24(31)17-11-14-30(15-12-17)25-27-19-8-4-6-10-21(19)33-25/h3-10,13,16-17,22H,11-12,14-15H2,1-2H3,(H,28,31). The molecular formula is C25H27N5O3. The van der Waals surface area contributed by atoms with Gasteiger partial charge in [-0.15, -0.1) is 0 Å². The van der Waals surface area contributed by atoms with Crippen LogP contribution in [0.4, 0.5) is 6.01 Å². The van der Waals surface area contributed by atoms with Crippen LogP contribution in [0.1, 0.15) is 30.3 Å². The first kappa shape index (κ1) is 21.1. The summed E-state index contributed by atoms with van der Waals surface area (Å²) in [5.74, 6) is 1.41. The number of fused-ring (bicyclic) bond motifs is 1. The third-order valence-electron chi connectivity index (χ3n) is 6.27. The smallest absolute Gasteiger partial charge is 0.298 e. The molecule has 1 amide bonds. The number of piperidine rings is 1. The monoisotopic (exact) mass is 445 g/mol. The highest BCUT2D eigenvalue weighted by molar-refractivity contribution is 5.80. The second-order valence-electron chi connectivity index (χ2n) is 8.31. The number of amides is 1. The van der Waals surface area contributed by atoms with Crippen molar-refractivity contribution in [2.24, 2.45) is 13.0 Å². The number of methoxy groups -OCH3 is 1. The lowest BCUT2D eigenvalue weighted by Gasteiger charge is -2.31. The van der Waals surface area contributed by atoms with Crippen molar-refractivity contribution < 1.29 is 13.9 Å². The fourth-order valence-electron chi connectivity index (χ4n) is 4.43. The third kappa shape index (κ3) is 4.16. The third-order valence-corrected chi connectivity index (χ3v) is 6.27. The van der Waals surface area contributed by atoms with Crippen LogP contribution in [-0.4, -0.2) is 40.6 Å². The van der Waals surface area contributed by atoms with Crippen LogP contribution in [0, 0.1) is 5.92 Å². The molecule has 1 aliphatic heterocycles. The fourth-order valence-corrected chi connectivity index (χ4v) is 4.43. The topological polar surface area (TPSA) is 85.4 Å². The van der Waals surface area contributed by atoms with E-state index in [-0.39, 0.29) is 11.8 Å². The summed E-state index contributed by atoms with van der Waals surface area (Å²) in [6, 6.07) is 15.7. The summed E-state index contributed by atoms with van der Waals surface area (Å²) in [5.41, 5.74) is 2.51. The molecule has 1 unspecified atom stereocenters. The molecule has 2 aromatic heterocycles. The molecule has 5 rings (SSSR count). The quantitative estimate of drug-likeness (QED) is 0.487. The zero-order chi connectivity index (χ0) is 22.8. The van der Waals surface area contributed by atoms with Crippen molar-refractivity contribution in [3.8, 4) is 5.75 Å². The number of carbonyl (C=O) groups is 1. The number of benzene rings is 2. The van der Waals surface area contributed by atoms with Gasteiger partial charge in [0.25, 0.3) is 6.01 Å². The number of nitrogens with zero attached hydrogens (tertiary/aromatic N) is 4. The lowest BCUT2D eigenvalue weighted by Crippen LogP contribution is -2.42. The maximum Gasteiger partial charge on any atom is 0.298 e. The number of oxazole rings is 1. The Morgan fingerprint density at radius 1 is 1.15 bits per heavy atom. The van der Waals surface area contributed by atoms with E-state index in [4.69, 9.17) is 9.15 Å². The molecule has 0 spiro atoms. The first-order valence-electron chi connectivity index (χ1n) is 11.1. The van der Waals surface area contributed by atoms with E-state index in [1.807, 2.05) is 66.3 Å². The molecule has 2 aromatic carbocycles. The Balaban J connectivity index is 1.31. The van der Waals surface area contributed by atoms with E-state index in [2.05, 4.69) is 20.2 Å². The molecule has 1 atom stereocenters. The van der Waals surface area contributed by atoms with E-state index in [1.165, 1.54) is 0 Å². The van der Waals surface area contributed by atoms with Crippen molar-refractivity contribution in [1.29, 1.82) is 0 Å².